The molecule has 1 fully saturated rings. The van der Waals surface area contributed by atoms with Crippen molar-refractivity contribution in [2.24, 2.45) is 0 Å². The molecule has 1 aliphatic carbocycles. The number of rotatable bonds is 7. The molecule has 0 saturated heterocycles. The van der Waals surface area contributed by atoms with Crippen molar-refractivity contribution in [3.63, 3.8) is 0 Å². The standard InChI is InChI=1S/C17H24N2O2/c1-13(2)19(15-10-11-15)16(20)9-6-12-18-17(21)14-7-4-3-5-8-14/h3-5,7-8,13,15H,6,9-12H2,1-2H3,(H,18,21). The molecule has 114 valence electrons. The number of benzene rings is 1. The van der Waals surface area contributed by atoms with Gasteiger partial charge in [0.2, 0.25) is 5.91 Å². The minimum Gasteiger partial charge on any atom is -0.352 e. The molecule has 0 unspecified atom stereocenters. The molecular weight excluding hydrogens is 264 g/mol. The predicted molar refractivity (Wildman–Crippen MR) is 83.0 cm³/mol. The molecule has 0 aliphatic heterocycles. The normalized spacial score (nSPS) is 14.0. The number of hydrogen-bond acceptors (Lipinski definition) is 2. The average molecular weight is 288 g/mol. The third-order valence-electron chi connectivity index (χ3n) is 3.67. The van der Waals surface area contributed by atoms with Crippen molar-refractivity contribution in [3.8, 4) is 0 Å². The lowest BCUT2D eigenvalue weighted by Gasteiger charge is -2.26. The first-order valence-electron chi connectivity index (χ1n) is 7.74. The van der Waals surface area contributed by atoms with E-state index in [4.69, 9.17) is 0 Å². The van der Waals surface area contributed by atoms with Gasteiger partial charge in [-0.2, -0.15) is 0 Å². The van der Waals surface area contributed by atoms with Crippen LogP contribution in [0.1, 0.15) is 49.9 Å². The van der Waals surface area contributed by atoms with Crippen LogP contribution >= 0.6 is 0 Å². The number of nitrogens with zero attached hydrogens (tertiary/aromatic N) is 1. The molecule has 1 aromatic rings. The molecule has 2 rings (SSSR count). The highest BCUT2D eigenvalue weighted by atomic mass is 16.2. The van der Waals surface area contributed by atoms with E-state index in [2.05, 4.69) is 19.2 Å². The van der Waals surface area contributed by atoms with Gasteiger partial charge < -0.3 is 10.2 Å². The van der Waals surface area contributed by atoms with E-state index >= 15 is 0 Å². The number of amides is 2. The van der Waals surface area contributed by atoms with Crippen molar-refractivity contribution in [1.82, 2.24) is 10.2 Å². The fourth-order valence-corrected chi connectivity index (χ4v) is 2.53. The molecule has 1 N–H and O–H groups in total. The Morgan fingerprint density at radius 1 is 1.24 bits per heavy atom. The van der Waals surface area contributed by atoms with Gasteiger partial charge in [0.25, 0.3) is 5.91 Å². The first-order chi connectivity index (χ1) is 10.1. The summed E-state index contributed by atoms with van der Waals surface area (Å²) in [5, 5.41) is 2.86. The van der Waals surface area contributed by atoms with Crippen LogP contribution in [0.2, 0.25) is 0 Å². The lowest BCUT2D eigenvalue weighted by atomic mass is 10.2. The monoisotopic (exact) mass is 288 g/mol. The summed E-state index contributed by atoms with van der Waals surface area (Å²) < 4.78 is 0. The summed E-state index contributed by atoms with van der Waals surface area (Å²) in [6.07, 6.45) is 3.46. The molecule has 0 bridgehead atoms. The summed E-state index contributed by atoms with van der Waals surface area (Å²) in [5.41, 5.74) is 0.658. The third-order valence-corrected chi connectivity index (χ3v) is 3.67. The van der Waals surface area contributed by atoms with Gasteiger partial charge in [0.05, 0.1) is 0 Å². The molecule has 0 aromatic heterocycles. The van der Waals surface area contributed by atoms with E-state index in [-0.39, 0.29) is 17.9 Å². The molecule has 1 saturated carbocycles. The molecule has 21 heavy (non-hydrogen) atoms. The van der Waals surface area contributed by atoms with Crippen molar-refractivity contribution < 1.29 is 9.59 Å². The van der Waals surface area contributed by atoms with Crippen LogP contribution in [-0.2, 0) is 4.79 Å². The molecule has 0 spiro atoms. The van der Waals surface area contributed by atoms with Gasteiger partial charge in [-0.25, -0.2) is 0 Å². The molecule has 1 aliphatic rings. The Bertz CT molecular complexity index is 479. The van der Waals surface area contributed by atoms with E-state index in [1.54, 1.807) is 12.1 Å². The Morgan fingerprint density at radius 3 is 2.48 bits per heavy atom. The summed E-state index contributed by atoms with van der Waals surface area (Å²) in [5.74, 6) is 0.132. The molecule has 0 radical (unpaired) electrons. The second-order valence-electron chi connectivity index (χ2n) is 5.85. The molecule has 0 heterocycles. The largest absolute Gasteiger partial charge is 0.352 e. The summed E-state index contributed by atoms with van der Waals surface area (Å²) in [6, 6.07) is 9.86. The SMILES string of the molecule is CC(C)N(C(=O)CCCNC(=O)c1ccccc1)C1CC1. The minimum atomic E-state index is -0.0778. The molecule has 2 amide bonds. The van der Waals surface area contributed by atoms with E-state index in [0.29, 0.717) is 31.0 Å². The quantitative estimate of drug-likeness (QED) is 0.784. The Balaban J connectivity index is 1.69. The predicted octanol–water partition coefficient (Wildman–Crippen LogP) is 2.60. The second kappa shape index (κ2) is 7.25. The fraction of sp³-hybridized carbons (Fsp3) is 0.529. The van der Waals surface area contributed by atoms with Gasteiger partial charge in [-0.3, -0.25) is 9.59 Å². The van der Waals surface area contributed by atoms with E-state index in [1.165, 1.54) is 0 Å². The fourth-order valence-electron chi connectivity index (χ4n) is 2.53. The Morgan fingerprint density at radius 2 is 1.90 bits per heavy atom. The Hall–Kier alpha value is -1.84. The number of carbonyl (C=O) groups is 2. The smallest absolute Gasteiger partial charge is 0.251 e. The lowest BCUT2D eigenvalue weighted by Crippen LogP contribution is -2.39. The lowest BCUT2D eigenvalue weighted by molar-refractivity contribution is -0.133. The molecule has 4 nitrogen and oxygen atoms in total. The Kier molecular flexibility index (Phi) is 5.37. The van der Waals surface area contributed by atoms with Crippen LogP contribution in [0.15, 0.2) is 30.3 Å². The highest BCUT2D eigenvalue weighted by molar-refractivity contribution is 5.94. The first kappa shape index (κ1) is 15.5. The maximum Gasteiger partial charge on any atom is 0.251 e. The maximum atomic E-state index is 12.2. The summed E-state index contributed by atoms with van der Waals surface area (Å²) >= 11 is 0. The minimum absolute atomic E-state index is 0.0778. The van der Waals surface area contributed by atoms with Crippen LogP contribution in [0.25, 0.3) is 0 Å². The van der Waals surface area contributed by atoms with Crippen LogP contribution in [0.5, 0.6) is 0 Å². The van der Waals surface area contributed by atoms with Crippen molar-refractivity contribution >= 4 is 11.8 Å². The van der Waals surface area contributed by atoms with Gasteiger partial charge in [-0.15, -0.1) is 0 Å². The number of hydrogen-bond donors (Lipinski definition) is 1. The van der Waals surface area contributed by atoms with Crippen LogP contribution in [0, 0.1) is 0 Å². The highest BCUT2D eigenvalue weighted by Gasteiger charge is 2.33. The van der Waals surface area contributed by atoms with Gasteiger partial charge in [-0.05, 0) is 45.2 Å². The third kappa shape index (κ3) is 4.59. The van der Waals surface area contributed by atoms with Crippen LogP contribution in [0.3, 0.4) is 0 Å². The zero-order valence-electron chi connectivity index (χ0n) is 12.8. The van der Waals surface area contributed by atoms with Gasteiger partial charge in [0.15, 0.2) is 0 Å². The molecular formula is C17H24N2O2. The van der Waals surface area contributed by atoms with Crippen molar-refractivity contribution in [2.45, 2.75) is 51.6 Å². The highest BCUT2D eigenvalue weighted by Crippen LogP contribution is 2.29. The van der Waals surface area contributed by atoms with Gasteiger partial charge in [0.1, 0.15) is 0 Å². The molecule has 1 aromatic carbocycles. The van der Waals surface area contributed by atoms with E-state index in [9.17, 15) is 9.59 Å². The number of carbonyl (C=O) groups excluding carboxylic acids is 2. The van der Waals surface area contributed by atoms with Gasteiger partial charge in [-0.1, -0.05) is 18.2 Å². The van der Waals surface area contributed by atoms with Crippen molar-refractivity contribution in [1.29, 1.82) is 0 Å². The van der Waals surface area contributed by atoms with E-state index in [0.717, 1.165) is 12.8 Å². The number of nitrogens with one attached hydrogen (secondary N) is 1. The zero-order valence-corrected chi connectivity index (χ0v) is 12.8. The summed E-state index contributed by atoms with van der Waals surface area (Å²) in [6.45, 7) is 4.66. The molecule has 0 atom stereocenters. The van der Waals surface area contributed by atoms with Crippen LogP contribution in [0.4, 0.5) is 0 Å². The van der Waals surface area contributed by atoms with Gasteiger partial charge in [0, 0.05) is 30.6 Å². The zero-order chi connectivity index (χ0) is 15.2. The van der Waals surface area contributed by atoms with E-state index < -0.39 is 0 Å². The average Bonchev–Trinajstić information content (AvgIpc) is 3.28. The second-order valence-corrected chi connectivity index (χ2v) is 5.85. The first-order valence-corrected chi connectivity index (χ1v) is 7.74. The van der Waals surface area contributed by atoms with Crippen molar-refractivity contribution in [2.75, 3.05) is 6.54 Å². The van der Waals surface area contributed by atoms with Crippen LogP contribution < -0.4 is 5.32 Å². The summed E-state index contributed by atoms with van der Waals surface area (Å²) in [4.78, 5) is 26.0. The van der Waals surface area contributed by atoms with Gasteiger partial charge >= 0.3 is 0 Å². The van der Waals surface area contributed by atoms with Crippen LogP contribution in [-0.4, -0.2) is 35.3 Å². The van der Waals surface area contributed by atoms with Crippen molar-refractivity contribution in [3.05, 3.63) is 35.9 Å². The molecule has 4 heteroatoms. The maximum absolute atomic E-state index is 12.2. The van der Waals surface area contributed by atoms with E-state index in [1.807, 2.05) is 23.1 Å². The summed E-state index contributed by atoms with van der Waals surface area (Å²) in [7, 11) is 0. The topological polar surface area (TPSA) is 49.4 Å². The Labute approximate surface area is 126 Å².